The molecule has 0 aliphatic carbocycles. The number of nitriles is 1. The van der Waals surface area contributed by atoms with Gasteiger partial charge in [-0.2, -0.15) is 5.26 Å². The number of hydrogen-bond donors (Lipinski definition) is 2. The summed E-state index contributed by atoms with van der Waals surface area (Å²) in [5, 5.41) is 20.2. The summed E-state index contributed by atoms with van der Waals surface area (Å²) in [6, 6.07) is 7.90. The highest BCUT2D eigenvalue weighted by Crippen LogP contribution is 2.12. The molecule has 0 saturated carbocycles. The molecule has 0 unspecified atom stereocenters. The lowest BCUT2D eigenvalue weighted by Crippen LogP contribution is -2.26. The molecule has 0 spiro atoms. The van der Waals surface area contributed by atoms with E-state index in [9.17, 15) is 8.42 Å². The summed E-state index contributed by atoms with van der Waals surface area (Å²) in [5.74, 6) is -0.0398. The second kappa shape index (κ2) is 8.66. The Morgan fingerprint density at radius 2 is 2.10 bits per heavy atom. The third-order valence-electron chi connectivity index (χ3n) is 2.53. The van der Waals surface area contributed by atoms with Crippen molar-refractivity contribution in [2.75, 3.05) is 38.7 Å². The minimum absolute atomic E-state index is 0.0242. The Labute approximate surface area is 118 Å². The summed E-state index contributed by atoms with van der Waals surface area (Å²) in [6.07, 6.45) is 0. The van der Waals surface area contributed by atoms with Gasteiger partial charge in [-0.25, -0.2) is 8.42 Å². The lowest BCUT2D eigenvalue weighted by atomic mass is 10.2. The van der Waals surface area contributed by atoms with E-state index < -0.39 is 9.84 Å². The van der Waals surface area contributed by atoms with Crippen molar-refractivity contribution in [3.05, 3.63) is 29.8 Å². The van der Waals surface area contributed by atoms with Crippen LogP contribution in [-0.2, 0) is 14.6 Å². The molecule has 0 amide bonds. The van der Waals surface area contributed by atoms with Gasteiger partial charge >= 0.3 is 0 Å². The zero-order valence-corrected chi connectivity index (χ0v) is 11.9. The third kappa shape index (κ3) is 5.67. The molecule has 0 saturated heterocycles. The molecule has 2 N–H and O–H groups in total. The van der Waals surface area contributed by atoms with Crippen LogP contribution < -0.4 is 5.32 Å². The molecule has 0 aromatic heterocycles. The number of nitrogens with one attached hydrogen (secondary N) is 1. The first-order chi connectivity index (χ1) is 9.60. The van der Waals surface area contributed by atoms with Gasteiger partial charge in [0.2, 0.25) is 0 Å². The van der Waals surface area contributed by atoms with Gasteiger partial charge in [-0.1, -0.05) is 6.07 Å². The number of hydrogen-bond acceptors (Lipinski definition) is 6. The zero-order chi connectivity index (χ0) is 14.8. The second-order valence-electron chi connectivity index (χ2n) is 4.04. The molecule has 0 atom stereocenters. The number of aliphatic hydroxyl groups excluding tert-OH is 1. The van der Waals surface area contributed by atoms with E-state index in [1.807, 2.05) is 6.07 Å². The normalized spacial score (nSPS) is 11.2. The Morgan fingerprint density at radius 1 is 1.30 bits per heavy atom. The van der Waals surface area contributed by atoms with Gasteiger partial charge in [0.15, 0.2) is 9.84 Å². The molecular formula is C13H18N2O4S. The highest BCUT2D eigenvalue weighted by atomic mass is 32.2. The van der Waals surface area contributed by atoms with E-state index in [4.69, 9.17) is 15.1 Å². The summed E-state index contributed by atoms with van der Waals surface area (Å²) in [6.45, 7) is 1.50. The van der Waals surface area contributed by atoms with Crippen molar-refractivity contribution in [2.24, 2.45) is 0 Å². The highest BCUT2D eigenvalue weighted by Gasteiger charge is 2.14. The van der Waals surface area contributed by atoms with Crippen LogP contribution in [0.15, 0.2) is 29.2 Å². The van der Waals surface area contributed by atoms with Crippen molar-refractivity contribution >= 4 is 9.84 Å². The SMILES string of the molecule is N#Cc1cccc(S(=O)(=O)CCNCCOCCO)c1. The van der Waals surface area contributed by atoms with E-state index in [-0.39, 0.29) is 23.9 Å². The number of sulfone groups is 1. The monoisotopic (exact) mass is 298 g/mol. The average Bonchev–Trinajstić information content (AvgIpc) is 2.46. The molecule has 0 fully saturated rings. The maximum absolute atomic E-state index is 12.0. The first kappa shape index (κ1) is 16.6. The molecule has 7 heteroatoms. The quantitative estimate of drug-likeness (QED) is 0.619. The second-order valence-corrected chi connectivity index (χ2v) is 6.15. The van der Waals surface area contributed by atoms with E-state index in [1.165, 1.54) is 12.1 Å². The Morgan fingerprint density at radius 3 is 2.80 bits per heavy atom. The Kier molecular flexibility index (Phi) is 7.18. The van der Waals surface area contributed by atoms with Crippen molar-refractivity contribution in [1.29, 1.82) is 5.26 Å². The summed E-state index contributed by atoms with van der Waals surface area (Å²) in [5.41, 5.74) is 0.330. The number of rotatable bonds is 9. The van der Waals surface area contributed by atoms with E-state index in [1.54, 1.807) is 12.1 Å². The lowest BCUT2D eigenvalue weighted by molar-refractivity contribution is 0.0942. The fraction of sp³-hybridized carbons (Fsp3) is 0.462. The summed E-state index contributed by atoms with van der Waals surface area (Å²) >= 11 is 0. The van der Waals surface area contributed by atoms with Crippen molar-refractivity contribution in [1.82, 2.24) is 5.32 Å². The average molecular weight is 298 g/mol. The van der Waals surface area contributed by atoms with Gasteiger partial charge in [0.05, 0.1) is 42.1 Å². The predicted molar refractivity (Wildman–Crippen MR) is 74.0 cm³/mol. The molecule has 0 aliphatic rings. The van der Waals surface area contributed by atoms with Gasteiger partial charge in [0.1, 0.15) is 0 Å². The van der Waals surface area contributed by atoms with Crippen molar-refractivity contribution in [2.45, 2.75) is 4.90 Å². The molecule has 20 heavy (non-hydrogen) atoms. The van der Waals surface area contributed by atoms with Gasteiger partial charge in [0.25, 0.3) is 0 Å². The maximum atomic E-state index is 12.0. The first-order valence-corrected chi connectivity index (χ1v) is 7.87. The van der Waals surface area contributed by atoms with Gasteiger partial charge in [-0.15, -0.1) is 0 Å². The van der Waals surface area contributed by atoms with E-state index in [0.717, 1.165) is 0 Å². The largest absolute Gasteiger partial charge is 0.394 e. The first-order valence-electron chi connectivity index (χ1n) is 6.22. The smallest absolute Gasteiger partial charge is 0.179 e. The standard InChI is InChI=1S/C13H18N2O4S/c14-11-12-2-1-3-13(10-12)20(17,18)9-5-15-4-7-19-8-6-16/h1-3,10,15-16H,4-9H2. The molecular weight excluding hydrogens is 280 g/mol. The molecule has 1 aromatic carbocycles. The molecule has 1 aromatic rings. The van der Waals surface area contributed by atoms with E-state index in [2.05, 4.69) is 5.32 Å². The Hall–Kier alpha value is -1.46. The molecule has 0 bridgehead atoms. The number of nitrogens with zero attached hydrogens (tertiary/aromatic N) is 1. The number of aliphatic hydroxyl groups is 1. The van der Waals surface area contributed by atoms with E-state index in [0.29, 0.717) is 25.3 Å². The van der Waals surface area contributed by atoms with Gasteiger partial charge in [-0.3, -0.25) is 0 Å². The van der Waals surface area contributed by atoms with Crippen LogP contribution in [0.1, 0.15) is 5.56 Å². The lowest BCUT2D eigenvalue weighted by Gasteiger charge is -2.07. The van der Waals surface area contributed by atoms with Crippen molar-refractivity contribution in [3.63, 3.8) is 0 Å². The van der Waals surface area contributed by atoms with Crippen LogP contribution in [0, 0.1) is 11.3 Å². The van der Waals surface area contributed by atoms with Crippen LogP contribution in [0.2, 0.25) is 0 Å². The Balaban J connectivity index is 2.40. The summed E-state index contributed by atoms with van der Waals surface area (Å²) in [4.78, 5) is 0.162. The van der Waals surface area contributed by atoms with Crippen molar-refractivity contribution < 1.29 is 18.3 Å². The van der Waals surface area contributed by atoms with Crippen LogP contribution in [0.4, 0.5) is 0 Å². The molecule has 0 heterocycles. The van der Waals surface area contributed by atoms with Crippen LogP contribution >= 0.6 is 0 Å². The van der Waals surface area contributed by atoms with Gasteiger partial charge < -0.3 is 15.2 Å². The summed E-state index contributed by atoms with van der Waals surface area (Å²) < 4.78 is 29.1. The predicted octanol–water partition coefficient (Wildman–Crippen LogP) is -0.0695. The topological polar surface area (TPSA) is 99.4 Å². The van der Waals surface area contributed by atoms with Crippen LogP contribution in [0.25, 0.3) is 0 Å². The number of ether oxygens (including phenoxy) is 1. The fourth-order valence-corrected chi connectivity index (χ4v) is 2.76. The summed E-state index contributed by atoms with van der Waals surface area (Å²) in [7, 11) is -3.38. The van der Waals surface area contributed by atoms with Crippen molar-refractivity contribution in [3.8, 4) is 6.07 Å². The molecule has 0 radical (unpaired) electrons. The molecule has 1 rings (SSSR count). The van der Waals surface area contributed by atoms with Gasteiger partial charge in [0, 0.05) is 13.1 Å². The highest BCUT2D eigenvalue weighted by molar-refractivity contribution is 7.91. The molecule has 110 valence electrons. The molecule has 6 nitrogen and oxygen atoms in total. The minimum atomic E-state index is -3.38. The fourth-order valence-electron chi connectivity index (χ4n) is 1.52. The molecule has 0 aliphatic heterocycles. The zero-order valence-electron chi connectivity index (χ0n) is 11.1. The van der Waals surface area contributed by atoms with Gasteiger partial charge in [-0.05, 0) is 18.2 Å². The van der Waals surface area contributed by atoms with Crippen LogP contribution in [-0.4, -0.2) is 52.2 Å². The number of benzene rings is 1. The van der Waals surface area contributed by atoms with E-state index >= 15 is 0 Å². The van der Waals surface area contributed by atoms with Crippen LogP contribution in [0.5, 0.6) is 0 Å². The Bertz CT molecular complexity index is 552. The van der Waals surface area contributed by atoms with Crippen LogP contribution in [0.3, 0.4) is 0 Å². The maximum Gasteiger partial charge on any atom is 0.179 e. The third-order valence-corrected chi connectivity index (χ3v) is 4.24. The minimum Gasteiger partial charge on any atom is -0.394 e.